The van der Waals surface area contributed by atoms with Crippen molar-refractivity contribution in [2.45, 2.75) is 72.8 Å². The first-order valence-electron chi connectivity index (χ1n) is 17.8. The number of rotatable bonds is 11. The van der Waals surface area contributed by atoms with Gasteiger partial charge in [0.1, 0.15) is 0 Å². The lowest BCUT2D eigenvalue weighted by Crippen LogP contribution is -2.33. The van der Waals surface area contributed by atoms with Crippen LogP contribution < -0.4 is 4.90 Å². The summed E-state index contributed by atoms with van der Waals surface area (Å²) in [4.78, 5) is 4.95. The maximum atomic E-state index is 4.11. The van der Waals surface area contributed by atoms with Crippen molar-refractivity contribution in [1.29, 1.82) is 0 Å². The van der Waals surface area contributed by atoms with E-state index in [2.05, 4.69) is 185 Å². The molecule has 0 aromatic heterocycles. The number of nitrogens with zero attached hydrogens (tertiary/aromatic N) is 2. The second-order valence-corrected chi connectivity index (χ2v) is 13.4. The molecule has 248 valence electrons. The van der Waals surface area contributed by atoms with Gasteiger partial charge in [-0.05, 0) is 154 Å². The molecule has 0 saturated carbocycles. The van der Waals surface area contributed by atoms with Crippen LogP contribution in [0.5, 0.6) is 0 Å². The van der Waals surface area contributed by atoms with Crippen molar-refractivity contribution < 1.29 is 0 Å². The monoisotopic (exact) mass is 642 g/mol. The van der Waals surface area contributed by atoms with Gasteiger partial charge in [0.25, 0.3) is 0 Å². The lowest BCUT2D eigenvalue weighted by Gasteiger charge is -2.37. The van der Waals surface area contributed by atoms with Gasteiger partial charge < -0.3 is 9.80 Å². The summed E-state index contributed by atoms with van der Waals surface area (Å²) in [7, 11) is 0. The Balaban J connectivity index is 1.42. The van der Waals surface area contributed by atoms with E-state index in [9.17, 15) is 0 Å². The van der Waals surface area contributed by atoms with E-state index in [0.717, 1.165) is 49.2 Å². The number of allylic oxidation sites excluding steroid dienone is 8. The second kappa shape index (κ2) is 15.4. The average Bonchev–Trinajstić information content (AvgIpc) is 3.12. The molecule has 0 spiro atoms. The standard InChI is InChI=1S/C47H50N2/c1-7-17-38(18-8-2)48(39-20-11-9-12-21-39)42-27-25-36(5)47(32-42)45-30-29-41(31-37(45)6)49(40-22-13-10-14-23-40)43-28-26-35(4)46(33-43)44-24-16-15-19-34(44)3/h7-8,10-11,13-16,18-24,26,28-33,38H,1,9,12,17,25,27H2,2-6H3/b18-8-. The topological polar surface area (TPSA) is 6.48 Å². The molecule has 0 N–H and O–H groups in total. The molecule has 49 heavy (non-hydrogen) atoms. The third kappa shape index (κ3) is 7.34. The van der Waals surface area contributed by atoms with Crippen LogP contribution in [-0.2, 0) is 0 Å². The van der Waals surface area contributed by atoms with Crippen molar-refractivity contribution in [2.75, 3.05) is 4.90 Å². The van der Waals surface area contributed by atoms with E-state index in [1.165, 1.54) is 55.9 Å². The van der Waals surface area contributed by atoms with Gasteiger partial charge in [-0.3, -0.25) is 0 Å². The van der Waals surface area contributed by atoms with Gasteiger partial charge in [-0.2, -0.15) is 0 Å². The molecule has 0 aliphatic heterocycles. The van der Waals surface area contributed by atoms with Crippen LogP contribution >= 0.6 is 0 Å². The molecule has 0 bridgehead atoms. The number of para-hydroxylation sites is 1. The molecule has 2 heteroatoms. The molecule has 0 saturated heterocycles. The minimum absolute atomic E-state index is 0.240. The smallest absolute Gasteiger partial charge is 0.0553 e. The predicted octanol–water partition coefficient (Wildman–Crippen LogP) is 13.3. The molecule has 0 radical (unpaired) electrons. The van der Waals surface area contributed by atoms with E-state index in [1.54, 1.807) is 0 Å². The predicted molar refractivity (Wildman–Crippen MR) is 212 cm³/mol. The zero-order valence-corrected chi connectivity index (χ0v) is 29.9. The molecule has 4 aromatic rings. The molecule has 2 nitrogen and oxygen atoms in total. The van der Waals surface area contributed by atoms with Gasteiger partial charge in [0.05, 0.1) is 6.04 Å². The SMILES string of the molecule is C=CCC(/C=C\C)N(C1=CCCC=C1)C1=CC(c2ccc(N(c3ccccc3)c3ccc(C)c(-c4ccccc4C)c3)cc2C)=C(C)CC1. The Labute approximate surface area is 294 Å². The van der Waals surface area contributed by atoms with E-state index in [1.807, 2.05) is 0 Å². The molecule has 4 aromatic carbocycles. The van der Waals surface area contributed by atoms with Crippen molar-refractivity contribution in [3.8, 4) is 11.1 Å². The zero-order chi connectivity index (χ0) is 34.3. The summed E-state index contributed by atoms with van der Waals surface area (Å²) in [6, 6.07) is 33.5. The molecule has 0 amide bonds. The Kier molecular flexibility index (Phi) is 10.6. The molecular formula is C47H50N2. The van der Waals surface area contributed by atoms with Crippen molar-refractivity contribution in [2.24, 2.45) is 0 Å². The van der Waals surface area contributed by atoms with E-state index in [4.69, 9.17) is 0 Å². The van der Waals surface area contributed by atoms with Crippen LogP contribution in [-0.4, -0.2) is 10.9 Å². The fourth-order valence-electron chi connectivity index (χ4n) is 7.35. The normalized spacial score (nSPS) is 15.2. The first kappa shape index (κ1) is 33.8. The minimum Gasteiger partial charge on any atom is -0.338 e. The number of benzene rings is 4. The molecule has 6 rings (SSSR count). The van der Waals surface area contributed by atoms with Gasteiger partial charge in [0.2, 0.25) is 0 Å². The van der Waals surface area contributed by atoms with Crippen molar-refractivity contribution in [3.63, 3.8) is 0 Å². The van der Waals surface area contributed by atoms with Gasteiger partial charge >= 0.3 is 0 Å². The van der Waals surface area contributed by atoms with Crippen LogP contribution in [0.4, 0.5) is 17.1 Å². The largest absolute Gasteiger partial charge is 0.338 e. The molecule has 0 heterocycles. The van der Waals surface area contributed by atoms with Crippen LogP contribution in [0.2, 0.25) is 0 Å². The van der Waals surface area contributed by atoms with Gasteiger partial charge in [-0.15, -0.1) is 6.58 Å². The fraction of sp³-hybridized carbons (Fsp3) is 0.234. The number of hydrogen-bond acceptors (Lipinski definition) is 2. The van der Waals surface area contributed by atoms with Crippen molar-refractivity contribution in [1.82, 2.24) is 4.90 Å². The zero-order valence-electron chi connectivity index (χ0n) is 29.9. The Morgan fingerprint density at radius 2 is 1.45 bits per heavy atom. The lowest BCUT2D eigenvalue weighted by atomic mass is 9.88. The minimum atomic E-state index is 0.240. The molecule has 2 aliphatic carbocycles. The van der Waals surface area contributed by atoms with E-state index >= 15 is 0 Å². The summed E-state index contributed by atoms with van der Waals surface area (Å²) >= 11 is 0. The first-order valence-corrected chi connectivity index (χ1v) is 17.8. The highest BCUT2D eigenvalue weighted by Gasteiger charge is 2.25. The maximum absolute atomic E-state index is 4.11. The third-order valence-corrected chi connectivity index (χ3v) is 9.93. The first-order chi connectivity index (χ1) is 23.9. The summed E-state index contributed by atoms with van der Waals surface area (Å²) in [6.07, 6.45) is 21.2. The Bertz CT molecular complexity index is 1970. The summed E-state index contributed by atoms with van der Waals surface area (Å²) in [5.41, 5.74) is 16.6. The number of hydrogen-bond donors (Lipinski definition) is 0. The van der Waals surface area contributed by atoms with Crippen molar-refractivity contribution >= 4 is 22.6 Å². The van der Waals surface area contributed by atoms with Crippen LogP contribution in [0.1, 0.15) is 68.2 Å². The van der Waals surface area contributed by atoms with Gasteiger partial charge in [-0.25, -0.2) is 0 Å². The van der Waals surface area contributed by atoms with Crippen molar-refractivity contribution in [3.05, 3.63) is 179 Å². The molecule has 1 unspecified atom stereocenters. The van der Waals surface area contributed by atoms with Crippen LogP contribution in [0.3, 0.4) is 0 Å². The van der Waals surface area contributed by atoms with E-state index in [-0.39, 0.29) is 6.04 Å². The highest BCUT2D eigenvalue weighted by molar-refractivity contribution is 5.85. The molecule has 1 atom stereocenters. The van der Waals surface area contributed by atoms with Crippen LogP contribution in [0, 0.1) is 20.8 Å². The Morgan fingerprint density at radius 3 is 2.16 bits per heavy atom. The average molecular weight is 643 g/mol. The lowest BCUT2D eigenvalue weighted by molar-refractivity contribution is 0.356. The summed E-state index contributed by atoms with van der Waals surface area (Å²) in [5.74, 6) is 0. The molecule has 0 fully saturated rings. The van der Waals surface area contributed by atoms with Crippen LogP contribution in [0.25, 0.3) is 16.7 Å². The highest BCUT2D eigenvalue weighted by Crippen LogP contribution is 2.41. The molecule has 2 aliphatic rings. The maximum Gasteiger partial charge on any atom is 0.0553 e. The summed E-state index contributed by atoms with van der Waals surface area (Å²) in [5, 5.41) is 0. The highest BCUT2D eigenvalue weighted by atomic mass is 15.2. The van der Waals surface area contributed by atoms with Gasteiger partial charge in [-0.1, -0.05) is 90.6 Å². The third-order valence-electron chi connectivity index (χ3n) is 9.93. The fourth-order valence-corrected chi connectivity index (χ4v) is 7.35. The van der Waals surface area contributed by atoms with E-state index in [0.29, 0.717) is 0 Å². The number of aryl methyl sites for hydroxylation is 3. The summed E-state index contributed by atoms with van der Waals surface area (Å²) in [6.45, 7) is 15.2. The summed E-state index contributed by atoms with van der Waals surface area (Å²) < 4.78 is 0. The molecular weight excluding hydrogens is 593 g/mol. The Hall–Kier alpha value is -5.08. The Morgan fingerprint density at radius 1 is 0.714 bits per heavy atom. The number of anilines is 3. The van der Waals surface area contributed by atoms with Gasteiger partial charge in [0, 0.05) is 28.5 Å². The van der Waals surface area contributed by atoms with E-state index < -0.39 is 0 Å². The van der Waals surface area contributed by atoms with Crippen LogP contribution in [0.15, 0.2) is 157 Å². The quantitative estimate of drug-likeness (QED) is 0.150. The second-order valence-electron chi connectivity index (χ2n) is 13.4. The van der Waals surface area contributed by atoms with Gasteiger partial charge in [0.15, 0.2) is 0 Å².